The number of H-pyrrole nitrogens is 1. The highest BCUT2D eigenvalue weighted by molar-refractivity contribution is 5.79. The van der Waals surface area contributed by atoms with Crippen molar-refractivity contribution in [3.8, 4) is 0 Å². The predicted octanol–water partition coefficient (Wildman–Crippen LogP) is 4.64. The van der Waals surface area contributed by atoms with Gasteiger partial charge in [-0.25, -0.2) is 4.98 Å². The number of para-hydroxylation sites is 2. The first-order chi connectivity index (χ1) is 12.7. The first-order valence-corrected chi connectivity index (χ1v) is 8.64. The number of aromatic nitrogens is 2. The number of benzene rings is 2. The SMILES string of the molecule is CC(C)[C@H](NC(=O)Cc1cccc(C(F)(F)F)c1)c1nc2ccccc2[nH]1. The number of carbonyl (C=O) groups is 1. The molecular weight excluding hydrogens is 355 g/mol. The van der Waals surface area contributed by atoms with Crippen molar-refractivity contribution in [3.05, 3.63) is 65.5 Å². The van der Waals surface area contributed by atoms with Gasteiger partial charge >= 0.3 is 6.18 Å². The summed E-state index contributed by atoms with van der Waals surface area (Å²) >= 11 is 0. The molecule has 27 heavy (non-hydrogen) atoms. The molecule has 0 unspecified atom stereocenters. The Kier molecular flexibility index (Phi) is 5.21. The van der Waals surface area contributed by atoms with Crippen LogP contribution in [-0.4, -0.2) is 15.9 Å². The predicted molar refractivity (Wildman–Crippen MR) is 97.0 cm³/mol. The molecule has 0 radical (unpaired) electrons. The van der Waals surface area contributed by atoms with Crippen LogP contribution >= 0.6 is 0 Å². The summed E-state index contributed by atoms with van der Waals surface area (Å²) in [5, 5.41) is 2.89. The quantitative estimate of drug-likeness (QED) is 0.683. The molecule has 1 atom stereocenters. The minimum Gasteiger partial charge on any atom is -0.346 e. The third-order valence-electron chi connectivity index (χ3n) is 4.30. The molecule has 0 saturated carbocycles. The zero-order chi connectivity index (χ0) is 19.6. The molecule has 2 N–H and O–H groups in total. The molecule has 142 valence electrons. The van der Waals surface area contributed by atoms with E-state index in [1.165, 1.54) is 12.1 Å². The highest BCUT2D eigenvalue weighted by Crippen LogP contribution is 2.29. The molecule has 0 bridgehead atoms. The molecule has 1 amide bonds. The second-order valence-corrected chi connectivity index (χ2v) is 6.80. The number of carbonyl (C=O) groups excluding carboxylic acids is 1. The van der Waals surface area contributed by atoms with Crippen LogP contribution in [0.2, 0.25) is 0 Å². The smallest absolute Gasteiger partial charge is 0.346 e. The van der Waals surface area contributed by atoms with E-state index in [0.717, 1.165) is 23.2 Å². The number of nitrogens with one attached hydrogen (secondary N) is 2. The van der Waals surface area contributed by atoms with E-state index in [1.807, 2.05) is 38.1 Å². The summed E-state index contributed by atoms with van der Waals surface area (Å²) in [5.41, 5.74) is 1.22. The zero-order valence-electron chi connectivity index (χ0n) is 15.0. The van der Waals surface area contributed by atoms with Gasteiger partial charge in [0, 0.05) is 0 Å². The lowest BCUT2D eigenvalue weighted by Gasteiger charge is -2.20. The van der Waals surface area contributed by atoms with Crippen LogP contribution in [0, 0.1) is 5.92 Å². The van der Waals surface area contributed by atoms with Crippen LogP contribution in [0.25, 0.3) is 11.0 Å². The Morgan fingerprint density at radius 1 is 1.15 bits per heavy atom. The topological polar surface area (TPSA) is 57.8 Å². The van der Waals surface area contributed by atoms with E-state index in [2.05, 4.69) is 15.3 Å². The first kappa shape index (κ1) is 18.9. The molecule has 0 aliphatic heterocycles. The van der Waals surface area contributed by atoms with Gasteiger partial charge in [0.25, 0.3) is 0 Å². The summed E-state index contributed by atoms with van der Waals surface area (Å²) in [5.74, 6) is 0.327. The van der Waals surface area contributed by atoms with Crippen molar-refractivity contribution in [3.63, 3.8) is 0 Å². The largest absolute Gasteiger partial charge is 0.416 e. The van der Waals surface area contributed by atoms with Gasteiger partial charge in [-0.3, -0.25) is 4.79 Å². The molecule has 3 aromatic rings. The third kappa shape index (κ3) is 4.48. The van der Waals surface area contributed by atoms with E-state index in [0.29, 0.717) is 11.4 Å². The summed E-state index contributed by atoms with van der Waals surface area (Å²) in [7, 11) is 0. The lowest BCUT2D eigenvalue weighted by Crippen LogP contribution is -2.33. The summed E-state index contributed by atoms with van der Waals surface area (Å²) < 4.78 is 38.5. The van der Waals surface area contributed by atoms with Gasteiger partial charge in [0.15, 0.2) is 0 Å². The van der Waals surface area contributed by atoms with Gasteiger partial charge in [-0.2, -0.15) is 13.2 Å². The Morgan fingerprint density at radius 2 is 1.89 bits per heavy atom. The number of nitrogens with zero attached hydrogens (tertiary/aromatic N) is 1. The van der Waals surface area contributed by atoms with Gasteiger partial charge in [0.1, 0.15) is 5.82 Å². The number of alkyl halides is 3. The molecule has 0 fully saturated rings. The van der Waals surface area contributed by atoms with Gasteiger partial charge in [-0.1, -0.05) is 44.2 Å². The average molecular weight is 375 g/mol. The minimum atomic E-state index is -4.43. The monoisotopic (exact) mass is 375 g/mol. The maximum Gasteiger partial charge on any atom is 0.416 e. The number of rotatable bonds is 5. The van der Waals surface area contributed by atoms with Crippen LogP contribution in [0.15, 0.2) is 48.5 Å². The van der Waals surface area contributed by atoms with Crippen molar-refractivity contribution < 1.29 is 18.0 Å². The fourth-order valence-electron chi connectivity index (χ4n) is 2.94. The van der Waals surface area contributed by atoms with Crippen LogP contribution in [0.3, 0.4) is 0 Å². The number of hydrogen-bond donors (Lipinski definition) is 2. The Hall–Kier alpha value is -2.83. The highest BCUT2D eigenvalue weighted by atomic mass is 19.4. The summed E-state index contributed by atoms with van der Waals surface area (Å²) in [4.78, 5) is 20.2. The fourth-order valence-corrected chi connectivity index (χ4v) is 2.94. The molecule has 1 aromatic heterocycles. The number of fused-ring (bicyclic) bond motifs is 1. The van der Waals surface area contributed by atoms with Gasteiger partial charge in [0.05, 0.1) is 29.1 Å². The molecule has 0 aliphatic rings. The molecule has 1 heterocycles. The van der Waals surface area contributed by atoms with E-state index >= 15 is 0 Å². The van der Waals surface area contributed by atoms with Crippen LogP contribution < -0.4 is 5.32 Å². The third-order valence-corrected chi connectivity index (χ3v) is 4.30. The van der Waals surface area contributed by atoms with Crippen molar-refractivity contribution in [2.24, 2.45) is 5.92 Å². The minimum absolute atomic E-state index is 0.0519. The van der Waals surface area contributed by atoms with E-state index in [9.17, 15) is 18.0 Å². The Morgan fingerprint density at radius 3 is 2.56 bits per heavy atom. The molecular formula is C20H20F3N3O. The number of amides is 1. The first-order valence-electron chi connectivity index (χ1n) is 8.64. The van der Waals surface area contributed by atoms with Crippen LogP contribution in [-0.2, 0) is 17.4 Å². The Labute approximate surface area is 154 Å². The van der Waals surface area contributed by atoms with Gasteiger partial charge in [-0.15, -0.1) is 0 Å². The highest BCUT2D eigenvalue weighted by Gasteiger charge is 2.30. The molecule has 7 heteroatoms. The number of imidazole rings is 1. The van der Waals surface area contributed by atoms with E-state index in [1.54, 1.807) is 0 Å². The van der Waals surface area contributed by atoms with Crippen LogP contribution in [0.1, 0.15) is 36.8 Å². The lowest BCUT2D eigenvalue weighted by atomic mass is 10.0. The van der Waals surface area contributed by atoms with Crippen molar-refractivity contribution in [2.75, 3.05) is 0 Å². The lowest BCUT2D eigenvalue weighted by molar-refractivity contribution is -0.137. The zero-order valence-corrected chi connectivity index (χ0v) is 15.0. The molecule has 3 rings (SSSR count). The average Bonchev–Trinajstić information content (AvgIpc) is 3.02. The van der Waals surface area contributed by atoms with Crippen molar-refractivity contribution >= 4 is 16.9 Å². The van der Waals surface area contributed by atoms with E-state index < -0.39 is 11.7 Å². The summed E-state index contributed by atoms with van der Waals surface area (Å²) in [6.45, 7) is 3.89. The number of aromatic amines is 1. The Bertz CT molecular complexity index is 914. The van der Waals surface area contributed by atoms with Gasteiger partial charge in [0.2, 0.25) is 5.91 Å². The number of hydrogen-bond acceptors (Lipinski definition) is 2. The summed E-state index contributed by atoms with van der Waals surface area (Å²) in [6, 6.07) is 12.0. The molecule has 0 spiro atoms. The van der Waals surface area contributed by atoms with Gasteiger partial charge in [-0.05, 0) is 29.7 Å². The second-order valence-electron chi connectivity index (χ2n) is 6.80. The molecule has 4 nitrogen and oxygen atoms in total. The van der Waals surface area contributed by atoms with Crippen molar-refractivity contribution in [1.82, 2.24) is 15.3 Å². The maximum atomic E-state index is 12.8. The Balaban J connectivity index is 1.76. The van der Waals surface area contributed by atoms with E-state index in [4.69, 9.17) is 0 Å². The van der Waals surface area contributed by atoms with Crippen molar-refractivity contribution in [1.29, 1.82) is 0 Å². The fraction of sp³-hybridized carbons (Fsp3) is 0.300. The second kappa shape index (κ2) is 7.42. The number of halogens is 3. The van der Waals surface area contributed by atoms with Crippen LogP contribution in [0.5, 0.6) is 0 Å². The normalized spacial score (nSPS) is 13.1. The summed E-state index contributed by atoms with van der Waals surface area (Å²) in [6.07, 6.45) is -4.56. The van der Waals surface area contributed by atoms with Gasteiger partial charge < -0.3 is 10.3 Å². The standard InChI is InChI=1S/C20H20F3N3O/c1-12(2)18(19-24-15-8-3-4-9-16(15)25-19)26-17(27)11-13-6-5-7-14(10-13)20(21,22)23/h3-10,12,18H,11H2,1-2H3,(H,24,25)(H,26,27)/t18-/m0/s1. The molecule has 2 aromatic carbocycles. The maximum absolute atomic E-state index is 12.8. The molecule has 0 saturated heterocycles. The van der Waals surface area contributed by atoms with E-state index in [-0.39, 0.29) is 24.3 Å². The molecule has 0 aliphatic carbocycles. The van der Waals surface area contributed by atoms with Crippen LogP contribution in [0.4, 0.5) is 13.2 Å². The van der Waals surface area contributed by atoms with Crippen molar-refractivity contribution in [2.45, 2.75) is 32.5 Å².